The van der Waals surface area contributed by atoms with Gasteiger partial charge < -0.3 is 4.90 Å². The second-order valence-electron chi connectivity index (χ2n) is 7.81. The molecule has 0 aromatic heterocycles. The Morgan fingerprint density at radius 1 is 1.19 bits per heavy atom. The van der Waals surface area contributed by atoms with Gasteiger partial charge in [0.1, 0.15) is 11.9 Å². The lowest BCUT2D eigenvalue weighted by Crippen LogP contribution is -2.20. The van der Waals surface area contributed by atoms with Crippen LogP contribution in [0.1, 0.15) is 50.3 Å². The maximum Gasteiger partial charge on any atom is 0.222 e. The average molecular weight is 465 g/mol. The number of nitrogens with zero attached hydrogens (tertiary/aromatic N) is 2. The van der Waals surface area contributed by atoms with Crippen LogP contribution in [-0.4, -0.2) is 24.4 Å². The van der Waals surface area contributed by atoms with E-state index in [0.717, 1.165) is 30.5 Å². The van der Waals surface area contributed by atoms with Crippen molar-refractivity contribution in [3.63, 3.8) is 0 Å². The Hall–Kier alpha value is -2.09. The van der Waals surface area contributed by atoms with Crippen molar-refractivity contribution in [2.24, 2.45) is 11.8 Å². The number of carbonyl (C=O) groups is 1. The Morgan fingerprint density at radius 3 is 2.32 bits per heavy atom. The van der Waals surface area contributed by atoms with Gasteiger partial charge in [0.2, 0.25) is 5.91 Å². The van der Waals surface area contributed by atoms with Crippen molar-refractivity contribution < 1.29 is 9.18 Å². The van der Waals surface area contributed by atoms with Crippen LogP contribution in [-0.2, 0) is 11.2 Å². The SMILES string of the molecule is CCC(C)C1CC(=O)N(C)C1.CCc1cc(F)ccc1Cl.Cc1ccc(C#N)c(Cl)c1. The summed E-state index contributed by atoms with van der Waals surface area (Å²) in [6.07, 6.45) is 2.73. The van der Waals surface area contributed by atoms with E-state index in [0.29, 0.717) is 33.4 Å². The number of aryl methyl sites for hydroxylation is 2. The molecule has 2 unspecified atom stereocenters. The lowest BCUT2D eigenvalue weighted by molar-refractivity contribution is -0.126. The van der Waals surface area contributed by atoms with Gasteiger partial charge in [-0.1, -0.05) is 56.5 Å². The molecule has 1 saturated heterocycles. The number of halogens is 3. The Morgan fingerprint density at radius 2 is 1.87 bits per heavy atom. The van der Waals surface area contributed by atoms with Crippen molar-refractivity contribution >= 4 is 29.1 Å². The summed E-state index contributed by atoms with van der Waals surface area (Å²) in [4.78, 5) is 13.0. The van der Waals surface area contributed by atoms with Crippen LogP contribution in [0.2, 0.25) is 10.0 Å². The van der Waals surface area contributed by atoms with Crippen LogP contribution in [0.25, 0.3) is 0 Å². The van der Waals surface area contributed by atoms with Gasteiger partial charge in [-0.3, -0.25) is 4.79 Å². The molecule has 168 valence electrons. The number of hydrogen-bond acceptors (Lipinski definition) is 2. The van der Waals surface area contributed by atoms with Gasteiger partial charge in [-0.2, -0.15) is 5.26 Å². The van der Waals surface area contributed by atoms with Crippen molar-refractivity contribution in [3.8, 4) is 6.07 Å². The predicted molar refractivity (Wildman–Crippen MR) is 127 cm³/mol. The third kappa shape index (κ3) is 8.89. The van der Waals surface area contributed by atoms with Crippen LogP contribution in [0.4, 0.5) is 4.39 Å². The van der Waals surface area contributed by atoms with Gasteiger partial charge in [0, 0.05) is 25.0 Å². The Kier molecular flexibility index (Phi) is 11.6. The first-order valence-electron chi connectivity index (χ1n) is 10.5. The van der Waals surface area contributed by atoms with Gasteiger partial charge in [0.15, 0.2) is 0 Å². The van der Waals surface area contributed by atoms with Crippen molar-refractivity contribution in [1.29, 1.82) is 5.26 Å². The number of hydrogen-bond donors (Lipinski definition) is 0. The summed E-state index contributed by atoms with van der Waals surface area (Å²) in [6.45, 7) is 9.27. The minimum Gasteiger partial charge on any atom is -0.345 e. The van der Waals surface area contributed by atoms with E-state index in [1.807, 2.05) is 37.9 Å². The van der Waals surface area contributed by atoms with Crippen LogP contribution in [0.5, 0.6) is 0 Å². The predicted octanol–water partition coefficient (Wildman–Crippen LogP) is 7.07. The average Bonchev–Trinajstić information content (AvgIpc) is 3.08. The number of amides is 1. The van der Waals surface area contributed by atoms with E-state index in [4.69, 9.17) is 28.5 Å². The summed E-state index contributed by atoms with van der Waals surface area (Å²) in [5.74, 6) is 1.40. The molecule has 1 heterocycles. The molecule has 0 aliphatic carbocycles. The number of nitriles is 1. The van der Waals surface area contributed by atoms with E-state index in [1.165, 1.54) is 18.6 Å². The second kappa shape index (κ2) is 13.3. The summed E-state index contributed by atoms with van der Waals surface area (Å²) in [7, 11) is 1.89. The minimum absolute atomic E-state index is 0.221. The van der Waals surface area contributed by atoms with E-state index in [9.17, 15) is 9.18 Å². The highest BCUT2D eigenvalue weighted by atomic mass is 35.5. The van der Waals surface area contributed by atoms with Crippen LogP contribution < -0.4 is 0 Å². The summed E-state index contributed by atoms with van der Waals surface area (Å²) < 4.78 is 12.5. The molecule has 1 aliphatic heterocycles. The number of likely N-dealkylation sites (tertiary alicyclic amines) is 1. The summed E-state index contributed by atoms with van der Waals surface area (Å²) in [5.41, 5.74) is 2.47. The van der Waals surface area contributed by atoms with Gasteiger partial charge in [-0.25, -0.2) is 4.39 Å². The molecule has 0 N–H and O–H groups in total. The molecule has 3 rings (SSSR count). The minimum atomic E-state index is -0.221. The van der Waals surface area contributed by atoms with Gasteiger partial charge in [-0.05, 0) is 66.6 Å². The van der Waals surface area contributed by atoms with Gasteiger partial charge in [0.05, 0.1) is 10.6 Å². The van der Waals surface area contributed by atoms with E-state index in [2.05, 4.69) is 13.8 Å². The Labute approximate surface area is 195 Å². The Bertz CT molecular complexity index is 902. The molecule has 1 aliphatic rings. The number of benzene rings is 2. The van der Waals surface area contributed by atoms with Crippen molar-refractivity contribution in [2.45, 2.75) is 47.0 Å². The molecule has 2 atom stereocenters. The quantitative estimate of drug-likeness (QED) is 0.487. The lowest BCUT2D eigenvalue weighted by atomic mass is 9.91. The second-order valence-corrected chi connectivity index (χ2v) is 8.62. The largest absolute Gasteiger partial charge is 0.345 e. The molecule has 0 radical (unpaired) electrons. The molecule has 2 aromatic carbocycles. The van der Waals surface area contributed by atoms with Crippen LogP contribution in [0.3, 0.4) is 0 Å². The lowest BCUT2D eigenvalue weighted by Gasteiger charge is -2.15. The first-order chi connectivity index (χ1) is 14.6. The summed E-state index contributed by atoms with van der Waals surface area (Å²) in [5, 5.41) is 9.65. The molecule has 1 fully saturated rings. The van der Waals surface area contributed by atoms with Crippen LogP contribution in [0, 0.1) is 35.9 Å². The molecule has 2 aromatic rings. The standard InChI is InChI=1S/C9H17NO.C8H8ClF.C8H6ClN/c1-4-7(2)8-5-9(11)10(3)6-8;1-2-6-5-7(10)3-4-8(6)9;1-6-2-3-7(5-10)8(9)4-6/h7-8H,4-6H2,1-3H3;3-5H,2H2,1H3;2-4H,1H3. The van der Waals surface area contributed by atoms with Gasteiger partial charge >= 0.3 is 0 Å². The van der Waals surface area contributed by atoms with Gasteiger partial charge in [0.25, 0.3) is 0 Å². The number of rotatable bonds is 3. The maximum atomic E-state index is 12.5. The number of carbonyl (C=O) groups excluding carboxylic acids is 1. The maximum absolute atomic E-state index is 12.5. The monoisotopic (exact) mass is 464 g/mol. The smallest absolute Gasteiger partial charge is 0.222 e. The third-order valence-corrected chi connectivity index (χ3v) is 6.13. The summed E-state index contributed by atoms with van der Waals surface area (Å²) in [6, 6.07) is 11.8. The van der Waals surface area contributed by atoms with Crippen LogP contribution >= 0.6 is 23.2 Å². The zero-order chi connectivity index (χ0) is 23.6. The molecule has 3 nitrogen and oxygen atoms in total. The normalized spacial score (nSPS) is 15.9. The Balaban J connectivity index is 0.000000233. The van der Waals surface area contributed by atoms with E-state index >= 15 is 0 Å². The van der Waals surface area contributed by atoms with Crippen molar-refractivity contribution in [3.05, 3.63) is 69.0 Å². The zero-order valence-corrected chi connectivity index (χ0v) is 20.4. The van der Waals surface area contributed by atoms with Gasteiger partial charge in [-0.15, -0.1) is 0 Å². The molecule has 0 bridgehead atoms. The molecule has 0 spiro atoms. The fourth-order valence-electron chi connectivity index (χ4n) is 3.14. The first kappa shape index (κ1) is 26.9. The molecule has 31 heavy (non-hydrogen) atoms. The highest BCUT2D eigenvalue weighted by molar-refractivity contribution is 6.31. The third-order valence-electron chi connectivity index (χ3n) is 5.45. The fraction of sp³-hybridized carbons (Fsp3) is 0.440. The van der Waals surface area contributed by atoms with E-state index in [1.54, 1.807) is 18.2 Å². The molecule has 0 saturated carbocycles. The highest BCUT2D eigenvalue weighted by Gasteiger charge is 2.29. The van der Waals surface area contributed by atoms with Crippen LogP contribution in [0.15, 0.2) is 36.4 Å². The zero-order valence-electron chi connectivity index (χ0n) is 18.9. The summed E-state index contributed by atoms with van der Waals surface area (Å²) >= 11 is 11.4. The highest BCUT2D eigenvalue weighted by Crippen LogP contribution is 2.25. The molecular formula is C25H31Cl2FN2O. The van der Waals surface area contributed by atoms with Crippen molar-refractivity contribution in [2.75, 3.05) is 13.6 Å². The molecular weight excluding hydrogens is 434 g/mol. The van der Waals surface area contributed by atoms with E-state index < -0.39 is 0 Å². The van der Waals surface area contributed by atoms with E-state index in [-0.39, 0.29) is 5.82 Å². The molecule has 6 heteroatoms. The van der Waals surface area contributed by atoms with Crippen molar-refractivity contribution in [1.82, 2.24) is 4.90 Å². The first-order valence-corrected chi connectivity index (χ1v) is 11.2. The molecule has 1 amide bonds. The topological polar surface area (TPSA) is 44.1 Å². The fourth-order valence-corrected chi connectivity index (χ4v) is 3.67.